The highest BCUT2D eigenvalue weighted by molar-refractivity contribution is 6.30. The highest BCUT2D eigenvalue weighted by Crippen LogP contribution is 2.09. The van der Waals surface area contributed by atoms with E-state index < -0.39 is 0 Å². The molecule has 0 saturated carbocycles. The van der Waals surface area contributed by atoms with E-state index >= 15 is 0 Å². The number of hydrogen-bond donors (Lipinski definition) is 1. The number of nitrogens with zero attached hydrogens (tertiary/aromatic N) is 2. The van der Waals surface area contributed by atoms with Gasteiger partial charge in [0.25, 0.3) is 0 Å². The molecule has 1 aromatic carbocycles. The van der Waals surface area contributed by atoms with Gasteiger partial charge in [0.1, 0.15) is 0 Å². The van der Waals surface area contributed by atoms with E-state index in [9.17, 15) is 0 Å². The van der Waals surface area contributed by atoms with Crippen molar-refractivity contribution in [1.29, 1.82) is 0 Å². The van der Waals surface area contributed by atoms with Crippen LogP contribution < -0.4 is 5.32 Å². The Morgan fingerprint density at radius 2 is 1.85 bits per heavy atom. The highest BCUT2D eigenvalue weighted by Gasteiger charge is 1.94. The van der Waals surface area contributed by atoms with Crippen molar-refractivity contribution >= 4 is 36.4 Å². The quantitative estimate of drug-likeness (QED) is 0.776. The molecular weight excluding hydrogens is 317 g/mol. The van der Waals surface area contributed by atoms with E-state index in [0.29, 0.717) is 0 Å². The number of unbranched alkanes of at least 4 members (excludes halogenated alkanes) is 1. The molecular formula is C14H20Cl3N3. The van der Waals surface area contributed by atoms with Gasteiger partial charge in [-0.05, 0) is 37.1 Å². The molecule has 0 amide bonds. The second-order valence-electron chi connectivity index (χ2n) is 4.31. The summed E-state index contributed by atoms with van der Waals surface area (Å²) >= 11 is 5.84. The van der Waals surface area contributed by atoms with Crippen LogP contribution in [0.25, 0.3) is 0 Å². The van der Waals surface area contributed by atoms with Crippen molar-refractivity contribution in [3.63, 3.8) is 0 Å². The zero-order chi connectivity index (χ0) is 12.6. The zero-order valence-corrected chi connectivity index (χ0v) is 13.6. The number of halogens is 3. The maximum Gasteiger partial charge on any atom is 0.0945 e. The number of benzene rings is 1. The SMILES string of the molecule is Cl.Cl.Clc1ccc(CNCCCCn2ccnc2)cc1. The van der Waals surface area contributed by atoms with E-state index in [4.69, 9.17) is 11.6 Å². The molecule has 0 fully saturated rings. The standard InChI is InChI=1S/C14H18ClN3.2ClH/c15-14-5-3-13(4-6-14)11-16-7-1-2-9-18-10-8-17-12-18;;/h3-6,8,10,12,16H,1-2,7,9,11H2;2*1H. The predicted octanol–water partition coefficient (Wildman–Crippen LogP) is 3.95. The van der Waals surface area contributed by atoms with E-state index in [2.05, 4.69) is 27.0 Å². The fourth-order valence-corrected chi connectivity index (χ4v) is 1.92. The number of imidazole rings is 1. The average molecular weight is 337 g/mol. The second-order valence-corrected chi connectivity index (χ2v) is 4.75. The Hall–Kier alpha value is -0.740. The van der Waals surface area contributed by atoms with Gasteiger partial charge in [-0.1, -0.05) is 23.7 Å². The Morgan fingerprint density at radius 1 is 1.10 bits per heavy atom. The van der Waals surface area contributed by atoms with E-state index in [0.717, 1.165) is 24.7 Å². The van der Waals surface area contributed by atoms with Gasteiger partial charge in [0.15, 0.2) is 0 Å². The first kappa shape index (κ1) is 19.3. The molecule has 2 aromatic rings. The van der Waals surface area contributed by atoms with Crippen LogP contribution in [0.2, 0.25) is 5.02 Å². The number of rotatable bonds is 7. The first-order valence-corrected chi connectivity index (χ1v) is 6.63. The molecule has 0 bridgehead atoms. The lowest BCUT2D eigenvalue weighted by Crippen LogP contribution is -2.15. The van der Waals surface area contributed by atoms with Crippen molar-refractivity contribution in [2.45, 2.75) is 25.9 Å². The summed E-state index contributed by atoms with van der Waals surface area (Å²) in [5.41, 5.74) is 1.27. The summed E-state index contributed by atoms with van der Waals surface area (Å²) < 4.78 is 2.11. The Labute approximate surface area is 137 Å². The summed E-state index contributed by atoms with van der Waals surface area (Å²) in [4.78, 5) is 4.02. The summed E-state index contributed by atoms with van der Waals surface area (Å²) in [5, 5.41) is 4.22. The van der Waals surface area contributed by atoms with Gasteiger partial charge in [0.2, 0.25) is 0 Å². The topological polar surface area (TPSA) is 29.9 Å². The minimum Gasteiger partial charge on any atom is -0.337 e. The van der Waals surface area contributed by atoms with Gasteiger partial charge in [-0.3, -0.25) is 0 Å². The van der Waals surface area contributed by atoms with E-state index in [1.165, 1.54) is 18.4 Å². The minimum absolute atomic E-state index is 0. The highest BCUT2D eigenvalue weighted by atomic mass is 35.5. The Bertz CT molecular complexity index is 443. The first-order valence-electron chi connectivity index (χ1n) is 6.25. The molecule has 1 heterocycles. The lowest BCUT2D eigenvalue weighted by Gasteiger charge is -2.05. The fraction of sp³-hybridized carbons (Fsp3) is 0.357. The van der Waals surface area contributed by atoms with Crippen LogP contribution >= 0.6 is 36.4 Å². The van der Waals surface area contributed by atoms with Gasteiger partial charge in [-0.15, -0.1) is 24.8 Å². The van der Waals surface area contributed by atoms with Crippen LogP contribution in [0.4, 0.5) is 0 Å². The molecule has 112 valence electrons. The lowest BCUT2D eigenvalue weighted by atomic mass is 10.2. The van der Waals surface area contributed by atoms with E-state index in [1.54, 1.807) is 0 Å². The molecule has 20 heavy (non-hydrogen) atoms. The summed E-state index contributed by atoms with van der Waals surface area (Å²) in [5.74, 6) is 0. The number of aromatic nitrogens is 2. The van der Waals surface area contributed by atoms with Crippen molar-refractivity contribution < 1.29 is 0 Å². The maximum atomic E-state index is 5.84. The molecule has 0 aliphatic rings. The van der Waals surface area contributed by atoms with Gasteiger partial charge in [-0.2, -0.15) is 0 Å². The molecule has 1 N–H and O–H groups in total. The molecule has 1 aromatic heterocycles. The lowest BCUT2D eigenvalue weighted by molar-refractivity contribution is 0.568. The third-order valence-corrected chi connectivity index (χ3v) is 3.07. The molecule has 2 rings (SSSR count). The molecule has 0 aliphatic heterocycles. The molecule has 0 unspecified atom stereocenters. The van der Waals surface area contributed by atoms with Crippen LogP contribution in [0.15, 0.2) is 43.0 Å². The van der Waals surface area contributed by atoms with Crippen molar-refractivity contribution in [1.82, 2.24) is 14.9 Å². The van der Waals surface area contributed by atoms with Crippen molar-refractivity contribution in [2.75, 3.05) is 6.54 Å². The normalized spacial score (nSPS) is 9.65. The third kappa shape index (κ3) is 7.15. The van der Waals surface area contributed by atoms with Crippen molar-refractivity contribution in [3.8, 4) is 0 Å². The minimum atomic E-state index is 0. The van der Waals surface area contributed by atoms with E-state index in [-0.39, 0.29) is 24.8 Å². The first-order chi connectivity index (χ1) is 8.84. The van der Waals surface area contributed by atoms with Crippen LogP contribution in [-0.2, 0) is 13.1 Å². The third-order valence-electron chi connectivity index (χ3n) is 2.82. The second kappa shape index (κ2) is 11.0. The Balaban J connectivity index is 0.00000180. The smallest absolute Gasteiger partial charge is 0.0945 e. The summed E-state index contributed by atoms with van der Waals surface area (Å²) in [6, 6.07) is 7.97. The van der Waals surface area contributed by atoms with Crippen LogP contribution in [-0.4, -0.2) is 16.1 Å². The van der Waals surface area contributed by atoms with Gasteiger partial charge < -0.3 is 9.88 Å². The molecule has 0 saturated heterocycles. The zero-order valence-electron chi connectivity index (χ0n) is 11.2. The average Bonchev–Trinajstić information content (AvgIpc) is 2.89. The van der Waals surface area contributed by atoms with Crippen LogP contribution in [0.1, 0.15) is 18.4 Å². The number of nitrogens with one attached hydrogen (secondary N) is 1. The van der Waals surface area contributed by atoms with Crippen LogP contribution in [0.3, 0.4) is 0 Å². The molecule has 0 radical (unpaired) electrons. The summed E-state index contributed by atoms with van der Waals surface area (Å²) in [6.45, 7) is 2.99. The van der Waals surface area contributed by atoms with Crippen molar-refractivity contribution in [3.05, 3.63) is 53.6 Å². The molecule has 0 atom stereocenters. The Kier molecular flexibility index (Phi) is 10.6. The predicted molar refractivity (Wildman–Crippen MR) is 89.1 cm³/mol. The molecule has 6 heteroatoms. The van der Waals surface area contributed by atoms with Crippen molar-refractivity contribution in [2.24, 2.45) is 0 Å². The molecule has 0 spiro atoms. The van der Waals surface area contributed by atoms with Gasteiger partial charge in [-0.25, -0.2) is 4.98 Å². The van der Waals surface area contributed by atoms with Gasteiger partial charge in [0.05, 0.1) is 6.33 Å². The molecule has 3 nitrogen and oxygen atoms in total. The monoisotopic (exact) mass is 335 g/mol. The maximum absolute atomic E-state index is 5.84. The summed E-state index contributed by atoms with van der Waals surface area (Å²) in [7, 11) is 0. The largest absolute Gasteiger partial charge is 0.337 e. The van der Waals surface area contributed by atoms with Crippen LogP contribution in [0.5, 0.6) is 0 Å². The van der Waals surface area contributed by atoms with Gasteiger partial charge >= 0.3 is 0 Å². The Morgan fingerprint density at radius 3 is 2.50 bits per heavy atom. The van der Waals surface area contributed by atoms with Gasteiger partial charge in [0, 0.05) is 30.5 Å². The fourth-order valence-electron chi connectivity index (χ4n) is 1.80. The van der Waals surface area contributed by atoms with Crippen LogP contribution in [0, 0.1) is 0 Å². The number of aryl methyl sites for hydroxylation is 1. The summed E-state index contributed by atoms with van der Waals surface area (Å²) in [6.07, 6.45) is 8.02. The van der Waals surface area contributed by atoms with E-state index in [1.807, 2.05) is 30.9 Å². The number of hydrogen-bond acceptors (Lipinski definition) is 2. The molecule has 0 aliphatic carbocycles.